The molecule has 0 aliphatic carbocycles. The molecule has 2 heterocycles. The summed E-state index contributed by atoms with van der Waals surface area (Å²) in [6.07, 6.45) is -2.51. The third kappa shape index (κ3) is 3.60. The first kappa shape index (κ1) is 18.8. The van der Waals surface area contributed by atoms with Gasteiger partial charge in [0.1, 0.15) is 5.82 Å². The molecule has 0 radical (unpaired) electrons. The summed E-state index contributed by atoms with van der Waals surface area (Å²) < 4.78 is 86.3. The summed E-state index contributed by atoms with van der Waals surface area (Å²) in [5.41, 5.74) is -0.913. The number of halogens is 4. The maximum Gasteiger partial charge on any atom is 0.417 e. The number of sulfonamides is 1. The van der Waals surface area contributed by atoms with E-state index < -0.39 is 38.6 Å². The van der Waals surface area contributed by atoms with Gasteiger partial charge in [-0.05, 0) is 18.2 Å². The van der Waals surface area contributed by atoms with Gasteiger partial charge in [-0.15, -0.1) is 0 Å². The van der Waals surface area contributed by atoms with Gasteiger partial charge in [0.2, 0.25) is 10.0 Å². The molecule has 0 bridgehead atoms. The zero-order valence-corrected chi connectivity index (χ0v) is 14.4. The van der Waals surface area contributed by atoms with Crippen molar-refractivity contribution in [3.8, 4) is 0 Å². The average Bonchev–Trinajstić information content (AvgIpc) is 3.00. The minimum Gasteiger partial charge on any atom is -0.371 e. The van der Waals surface area contributed by atoms with E-state index in [9.17, 15) is 26.0 Å². The van der Waals surface area contributed by atoms with E-state index in [4.69, 9.17) is 4.74 Å². The average molecular weight is 393 g/mol. The summed E-state index contributed by atoms with van der Waals surface area (Å²) in [7, 11) is -2.81. The predicted molar refractivity (Wildman–Crippen MR) is 82.1 cm³/mol. The second-order valence-electron chi connectivity index (χ2n) is 5.81. The smallest absolute Gasteiger partial charge is 0.371 e. The molecule has 1 fully saturated rings. The molecule has 3 rings (SSSR count). The summed E-state index contributed by atoms with van der Waals surface area (Å²) >= 11 is 0. The van der Waals surface area contributed by atoms with Crippen LogP contribution in [0.1, 0.15) is 17.2 Å². The van der Waals surface area contributed by atoms with Gasteiger partial charge in [-0.3, -0.25) is 4.68 Å². The van der Waals surface area contributed by atoms with Crippen molar-refractivity contribution in [2.75, 3.05) is 19.7 Å². The summed E-state index contributed by atoms with van der Waals surface area (Å²) in [6, 6.07) is 1.52. The Balaban J connectivity index is 1.95. The third-order valence-corrected chi connectivity index (χ3v) is 5.91. The SMILES string of the molecule is Cn1cc(C2CN(S(=O)(=O)c3ccc(F)cc3C(F)(F)F)CCO2)cn1. The molecule has 1 aliphatic rings. The fourth-order valence-corrected chi connectivity index (χ4v) is 4.36. The molecule has 2 aromatic rings. The van der Waals surface area contributed by atoms with Crippen LogP contribution in [0, 0.1) is 5.82 Å². The molecule has 1 aromatic heterocycles. The summed E-state index contributed by atoms with van der Waals surface area (Å²) in [4.78, 5) is -0.974. The highest BCUT2D eigenvalue weighted by Crippen LogP contribution is 2.36. The van der Waals surface area contributed by atoms with Gasteiger partial charge < -0.3 is 4.74 Å². The van der Waals surface area contributed by atoms with Crippen LogP contribution in [0.4, 0.5) is 17.6 Å². The Morgan fingerprint density at radius 2 is 2.04 bits per heavy atom. The first-order valence-electron chi connectivity index (χ1n) is 7.56. The van der Waals surface area contributed by atoms with Crippen LogP contribution in [0.3, 0.4) is 0 Å². The Morgan fingerprint density at radius 3 is 2.65 bits per heavy atom. The van der Waals surface area contributed by atoms with Crippen molar-refractivity contribution in [1.82, 2.24) is 14.1 Å². The number of ether oxygens (including phenoxy) is 1. The Bertz CT molecular complexity index is 911. The normalized spacial score (nSPS) is 19.7. The van der Waals surface area contributed by atoms with E-state index in [1.807, 2.05) is 0 Å². The number of rotatable bonds is 3. The van der Waals surface area contributed by atoms with E-state index >= 15 is 0 Å². The van der Waals surface area contributed by atoms with Crippen LogP contribution < -0.4 is 0 Å². The van der Waals surface area contributed by atoms with E-state index in [2.05, 4.69) is 5.10 Å². The minimum absolute atomic E-state index is 0.0152. The maximum absolute atomic E-state index is 13.3. The van der Waals surface area contributed by atoms with Gasteiger partial charge in [0, 0.05) is 31.9 Å². The van der Waals surface area contributed by atoms with Crippen molar-refractivity contribution < 1.29 is 30.7 Å². The van der Waals surface area contributed by atoms with Crippen molar-refractivity contribution in [2.24, 2.45) is 7.05 Å². The van der Waals surface area contributed by atoms with Crippen LogP contribution in [0.5, 0.6) is 0 Å². The highest BCUT2D eigenvalue weighted by molar-refractivity contribution is 7.89. The quantitative estimate of drug-likeness (QED) is 0.751. The number of benzene rings is 1. The Kier molecular flexibility index (Phi) is 4.80. The van der Waals surface area contributed by atoms with Crippen LogP contribution in [0.2, 0.25) is 0 Å². The Morgan fingerprint density at radius 1 is 1.31 bits per heavy atom. The van der Waals surface area contributed by atoms with Gasteiger partial charge in [0.15, 0.2) is 0 Å². The fourth-order valence-electron chi connectivity index (χ4n) is 2.74. The summed E-state index contributed by atoms with van der Waals surface area (Å²) in [5.74, 6) is -1.16. The van der Waals surface area contributed by atoms with E-state index in [0.717, 1.165) is 4.31 Å². The molecule has 0 spiro atoms. The van der Waals surface area contributed by atoms with Crippen molar-refractivity contribution in [3.05, 3.63) is 47.5 Å². The molecule has 1 aliphatic heterocycles. The molecule has 26 heavy (non-hydrogen) atoms. The lowest BCUT2D eigenvalue weighted by atomic mass is 10.2. The standard InChI is InChI=1S/C15H15F4N3O3S/c1-21-8-10(7-20-21)13-9-22(4-5-25-13)26(23,24)14-3-2-11(16)6-12(14)15(17,18)19/h2-3,6-8,13H,4-5,9H2,1H3. The van der Waals surface area contributed by atoms with E-state index in [-0.39, 0.29) is 25.8 Å². The summed E-state index contributed by atoms with van der Waals surface area (Å²) in [5, 5.41) is 3.97. The second-order valence-corrected chi connectivity index (χ2v) is 7.71. The molecule has 1 aromatic carbocycles. The predicted octanol–water partition coefficient (Wildman–Crippen LogP) is 2.34. The molecule has 11 heteroatoms. The van der Waals surface area contributed by atoms with Gasteiger partial charge in [-0.2, -0.15) is 22.6 Å². The molecule has 1 unspecified atom stereocenters. The van der Waals surface area contributed by atoms with E-state index in [1.54, 1.807) is 13.2 Å². The van der Waals surface area contributed by atoms with E-state index in [1.165, 1.54) is 10.9 Å². The van der Waals surface area contributed by atoms with Gasteiger partial charge in [-0.1, -0.05) is 0 Å². The highest BCUT2D eigenvalue weighted by Gasteiger charge is 2.41. The fraction of sp³-hybridized carbons (Fsp3) is 0.400. The number of alkyl halides is 3. The van der Waals surface area contributed by atoms with Crippen LogP contribution in [0.15, 0.2) is 35.5 Å². The van der Waals surface area contributed by atoms with Crippen LogP contribution in [-0.2, 0) is 28.0 Å². The van der Waals surface area contributed by atoms with Crippen LogP contribution in [0.25, 0.3) is 0 Å². The van der Waals surface area contributed by atoms with Crippen molar-refractivity contribution in [3.63, 3.8) is 0 Å². The first-order chi connectivity index (χ1) is 12.1. The largest absolute Gasteiger partial charge is 0.417 e. The lowest BCUT2D eigenvalue weighted by Crippen LogP contribution is -2.42. The number of aromatic nitrogens is 2. The Hall–Kier alpha value is -1.98. The van der Waals surface area contributed by atoms with Gasteiger partial charge in [0.05, 0.1) is 29.4 Å². The van der Waals surface area contributed by atoms with Crippen molar-refractivity contribution in [1.29, 1.82) is 0 Å². The molecule has 1 atom stereocenters. The number of hydrogen-bond acceptors (Lipinski definition) is 4. The van der Waals surface area contributed by atoms with Gasteiger partial charge >= 0.3 is 6.18 Å². The number of morpholine rings is 1. The first-order valence-corrected chi connectivity index (χ1v) is 9.00. The number of nitrogens with zero attached hydrogens (tertiary/aromatic N) is 3. The molecular weight excluding hydrogens is 378 g/mol. The highest BCUT2D eigenvalue weighted by atomic mass is 32.2. The second kappa shape index (κ2) is 6.63. The third-order valence-electron chi connectivity index (χ3n) is 3.99. The monoisotopic (exact) mass is 393 g/mol. The van der Waals surface area contributed by atoms with Gasteiger partial charge in [0.25, 0.3) is 0 Å². The molecule has 0 saturated carbocycles. The lowest BCUT2D eigenvalue weighted by Gasteiger charge is -2.32. The number of hydrogen-bond donors (Lipinski definition) is 0. The van der Waals surface area contributed by atoms with Crippen LogP contribution >= 0.6 is 0 Å². The van der Waals surface area contributed by atoms with Crippen molar-refractivity contribution in [2.45, 2.75) is 17.2 Å². The molecule has 142 valence electrons. The Labute approximate surface area is 147 Å². The molecular formula is C15H15F4N3O3S. The number of aryl methyl sites for hydroxylation is 1. The van der Waals surface area contributed by atoms with Crippen molar-refractivity contribution >= 4 is 10.0 Å². The lowest BCUT2D eigenvalue weighted by molar-refractivity contribution is -0.140. The molecule has 0 N–H and O–H groups in total. The molecule has 1 saturated heterocycles. The minimum atomic E-state index is -5.00. The maximum atomic E-state index is 13.3. The van der Waals surface area contributed by atoms with Crippen LogP contribution in [-0.4, -0.2) is 42.2 Å². The summed E-state index contributed by atoms with van der Waals surface area (Å²) in [6.45, 7) is -0.252. The molecule has 0 amide bonds. The zero-order chi connectivity index (χ0) is 19.1. The topological polar surface area (TPSA) is 64.4 Å². The van der Waals surface area contributed by atoms with Gasteiger partial charge in [-0.25, -0.2) is 12.8 Å². The molecule has 6 nitrogen and oxygen atoms in total. The van der Waals surface area contributed by atoms with E-state index in [0.29, 0.717) is 17.7 Å². The zero-order valence-electron chi connectivity index (χ0n) is 13.6.